The molecule has 3 N–H and O–H groups in total. The van der Waals surface area contributed by atoms with Crippen LogP contribution in [0.3, 0.4) is 0 Å². The van der Waals surface area contributed by atoms with Crippen LogP contribution in [0.5, 0.6) is 0 Å². The minimum Gasteiger partial charge on any atom is -0.450 e. The van der Waals surface area contributed by atoms with E-state index in [-0.39, 0.29) is 30.6 Å². The second-order valence-corrected chi connectivity index (χ2v) is 8.00. The van der Waals surface area contributed by atoms with Gasteiger partial charge < -0.3 is 20.5 Å². The number of hydrogen-bond acceptors (Lipinski definition) is 4. The third kappa shape index (κ3) is 7.14. The number of aliphatic hydroxyl groups is 1. The fourth-order valence-corrected chi connectivity index (χ4v) is 4.47. The van der Waals surface area contributed by atoms with Gasteiger partial charge in [0.1, 0.15) is 0 Å². The van der Waals surface area contributed by atoms with Gasteiger partial charge in [-0.05, 0) is 82.5 Å². The summed E-state index contributed by atoms with van der Waals surface area (Å²) in [6.45, 7) is 0.517. The zero-order chi connectivity index (χ0) is 18.8. The quantitative estimate of drug-likeness (QED) is 0.575. The summed E-state index contributed by atoms with van der Waals surface area (Å²) in [6.07, 6.45) is 11.2. The molecule has 0 atom stereocenters. The van der Waals surface area contributed by atoms with Crippen molar-refractivity contribution >= 4 is 12.0 Å². The molecule has 6 heteroatoms. The van der Waals surface area contributed by atoms with Gasteiger partial charge in [-0.3, -0.25) is 4.79 Å². The Balaban J connectivity index is 1.57. The number of hydrogen-bond donors (Lipinski definition) is 3. The first-order chi connectivity index (χ1) is 12.6. The van der Waals surface area contributed by atoms with Crippen LogP contribution in [0.4, 0.5) is 4.79 Å². The average Bonchev–Trinajstić information content (AvgIpc) is 2.67. The van der Waals surface area contributed by atoms with Crippen molar-refractivity contribution in [2.45, 2.75) is 76.7 Å². The average molecular weight is 369 g/mol. The van der Waals surface area contributed by atoms with E-state index >= 15 is 0 Å². The molecule has 2 rings (SSSR count). The van der Waals surface area contributed by atoms with Crippen molar-refractivity contribution in [3.8, 4) is 0 Å². The molecule has 2 aliphatic rings. The second-order valence-electron chi connectivity index (χ2n) is 8.00. The number of rotatable bonds is 8. The fourth-order valence-electron chi connectivity index (χ4n) is 4.47. The van der Waals surface area contributed by atoms with E-state index in [1.807, 2.05) is 0 Å². The Hall–Kier alpha value is -1.30. The van der Waals surface area contributed by atoms with Crippen molar-refractivity contribution in [1.82, 2.24) is 10.6 Å². The molecule has 0 aliphatic heterocycles. The molecule has 26 heavy (non-hydrogen) atoms. The summed E-state index contributed by atoms with van der Waals surface area (Å²) in [5.74, 6) is 1.95. The van der Waals surface area contributed by atoms with Crippen LogP contribution < -0.4 is 10.6 Å². The Bertz CT molecular complexity index is 428. The highest BCUT2D eigenvalue weighted by Crippen LogP contribution is 2.37. The van der Waals surface area contributed by atoms with Gasteiger partial charge in [0, 0.05) is 25.6 Å². The molecular weight excluding hydrogens is 332 g/mol. The van der Waals surface area contributed by atoms with Crippen LogP contribution in [0.1, 0.15) is 70.6 Å². The number of aliphatic hydroxyl groups excluding tert-OH is 1. The molecule has 0 heterocycles. The number of carbonyl (C=O) groups excluding carboxylic acids is 2. The number of unbranched alkanes of at least 4 members (excludes halogenated alkanes) is 1. The largest absolute Gasteiger partial charge is 0.450 e. The van der Waals surface area contributed by atoms with Gasteiger partial charge in [0.2, 0.25) is 5.91 Å². The Labute approximate surface area is 157 Å². The summed E-state index contributed by atoms with van der Waals surface area (Å²) < 4.78 is 5.14. The summed E-state index contributed by atoms with van der Waals surface area (Å²) in [7, 11) is 1.73. The van der Waals surface area contributed by atoms with Gasteiger partial charge in [-0.15, -0.1) is 0 Å². The smallest absolute Gasteiger partial charge is 0.407 e. The number of ether oxygens (including phenoxy) is 1. The van der Waals surface area contributed by atoms with Crippen LogP contribution in [0, 0.1) is 17.8 Å². The fraction of sp³-hybridized carbons (Fsp3) is 0.900. The van der Waals surface area contributed by atoms with Crippen molar-refractivity contribution in [3.63, 3.8) is 0 Å². The lowest BCUT2D eigenvalue weighted by Gasteiger charge is -2.33. The summed E-state index contributed by atoms with van der Waals surface area (Å²) in [6, 6.07) is 0.237. The SMILES string of the molecule is CNC(=O)C1CCC(CC2CCC(NC(=O)OCCCCO)CC2)CC1. The van der Waals surface area contributed by atoms with Crippen molar-refractivity contribution in [3.05, 3.63) is 0 Å². The minimum atomic E-state index is -0.320. The van der Waals surface area contributed by atoms with E-state index < -0.39 is 0 Å². The Kier molecular flexibility index (Phi) is 9.23. The lowest BCUT2D eigenvalue weighted by atomic mass is 9.74. The molecule has 0 radical (unpaired) electrons. The molecule has 0 unspecified atom stereocenters. The number of nitrogens with one attached hydrogen (secondary N) is 2. The summed E-state index contributed by atoms with van der Waals surface area (Å²) in [4.78, 5) is 23.5. The summed E-state index contributed by atoms with van der Waals surface area (Å²) in [5, 5.41) is 14.5. The van der Waals surface area contributed by atoms with Crippen LogP contribution in [0.2, 0.25) is 0 Å². The predicted molar refractivity (Wildman–Crippen MR) is 101 cm³/mol. The van der Waals surface area contributed by atoms with Crippen molar-refractivity contribution in [2.75, 3.05) is 20.3 Å². The van der Waals surface area contributed by atoms with Gasteiger partial charge in [0.15, 0.2) is 0 Å². The molecule has 0 aromatic rings. The van der Waals surface area contributed by atoms with Crippen LogP contribution in [0.15, 0.2) is 0 Å². The van der Waals surface area contributed by atoms with Gasteiger partial charge in [-0.25, -0.2) is 4.79 Å². The van der Waals surface area contributed by atoms with Gasteiger partial charge in [-0.1, -0.05) is 0 Å². The molecule has 150 valence electrons. The van der Waals surface area contributed by atoms with Gasteiger partial charge in [0.25, 0.3) is 0 Å². The molecule has 0 bridgehead atoms. The summed E-state index contributed by atoms with van der Waals surface area (Å²) >= 11 is 0. The van der Waals surface area contributed by atoms with Crippen LogP contribution in [-0.4, -0.2) is 43.4 Å². The maximum absolute atomic E-state index is 11.8. The van der Waals surface area contributed by atoms with E-state index in [1.165, 1.54) is 32.1 Å². The highest BCUT2D eigenvalue weighted by Gasteiger charge is 2.29. The van der Waals surface area contributed by atoms with Gasteiger partial charge in [0.05, 0.1) is 6.61 Å². The Morgan fingerprint density at radius 3 is 2.15 bits per heavy atom. The molecule has 0 aromatic carbocycles. The van der Waals surface area contributed by atoms with E-state index in [2.05, 4.69) is 10.6 Å². The first-order valence-electron chi connectivity index (χ1n) is 10.4. The molecule has 0 spiro atoms. The molecule has 0 saturated heterocycles. The molecule has 0 aromatic heterocycles. The third-order valence-electron chi connectivity index (χ3n) is 6.08. The minimum absolute atomic E-state index is 0.141. The molecule has 2 saturated carbocycles. The maximum atomic E-state index is 11.8. The molecule has 2 amide bonds. The molecular formula is C20H36N2O4. The highest BCUT2D eigenvalue weighted by atomic mass is 16.5. The molecule has 6 nitrogen and oxygen atoms in total. The maximum Gasteiger partial charge on any atom is 0.407 e. The number of alkyl carbamates (subject to hydrolysis) is 1. The topological polar surface area (TPSA) is 87.7 Å². The highest BCUT2D eigenvalue weighted by molar-refractivity contribution is 5.78. The zero-order valence-electron chi connectivity index (χ0n) is 16.2. The van der Waals surface area contributed by atoms with E-state index in [0.29, 0.717) is 19.4 Å². The normalized spacial score (nSPS) is 29.0. The number of amides is 2. The molecule has 2 aliphatic carbocycles. The number of carbonyl (C=O) groups is 2. The van der Waals surface area contributed by atoms with Crippen molar-refractivity contribution < 1.29 is 19.4 Å². The monoisotopic (exact) mass is 368 g/mol. The van der Waals surface area contributed by atoms with Crippen LogP contribution in [0.25, 0.3) is 0 Å². The van der Waals surface area contributed by atoms with Crippen LogP contribution in [-0.2, 0) is 9.53 Å². The van der Waals surface area contributed by atoms with Crippen molar-refractivity contribution in [2.24, 2.45) is 17.8 Å². The first-order valence-corrected chi connectivity index (χ1v) is 10.4. The Morgan fingerprint density at radius 2 is 1.58 bits per heavy atom. The van der Waals surface area contributed by atoms with E-state index in [1.54, 1.807) is 7.05 Å². The van der Waals surface area contributed by atoms with E-state index in [9.17, 15) is 9.59 Å². The van der Waals surface area contributed by atoms with E-state index in [4.69, 9.17) is 9.84 Å². The lowest BCUT2D eigenvalue weighted by Crippen LogP contribution is -2.38. The first kappa shape index (κ1) is 21.0. The lowest BCUT2D eigenvalue weighted by molar-refractivity contribution is -0.125. The van der Waals surface area contributed by atoms with E-state index in [0.717, 1.165) is 37.5 Å². The third-order valence-corrected chi connectivity index (χ3v) is 6.08. The van der Waals surface area contributed by atoms with Crippen molar-refractivity contribution in [1.29, 1.82) is 0 Å². The molecule has 2 fully saturated rings. The van der Waals surface area contributed by atoms with Gasteiger partial charge in [-0.2, -0.15) is 0 Å². The zero-order valence-corrected chi connectivity index (χ0v) is 16.2. The van der Waals surface area contributed by atoms with Gasteiger partial charge >= 0.3 is 6.09 Å². The Morgan fingerprint density at radius 1 is 0.962 bits per heavy atom. The van der Waals surface area contributed by atoms with Crippen LogP contribution >= 0.6 is 0 Å². The second kappa shape index (κ2) is 11.4. The summed E-state index contributed by atoms with van der Waals surface area (Å²) in [5.41, 5.74) is 0. The predicted octanol–water partition coefficient (Wildman–Crippen LogP) is 2.99. The standard InChI is InChI=1S/C20H36N2O4/c1-21-19(24)17-8-4-15(5-9-17)14-16-6-10-18(11-7-16)22-20(25)26-13-3-2-12-23/h15-18,23H,2-14H2,1H3,(H,21,24)(H,22,25).